The van der Waals surface area contributed by atoms with Crippen molar-refractivity contribution in [2.24, 2.45) is 15.0 Å². The van der Waals surface area contributed by atoms with Gasteiger partial charge in [-0.25, -0.2) is 9.98 Å². The highest BCUT2D eigenvalue weighted by Gasteiger charge is 2.40. The van der Waals surface area contributed by atoms with Crippen LogP contribution in [0, 0.1) is 0 Å². The van der Waals surface area contributed by atoms with Gasteiger partial charge in [-0.2, -0.15) is 13.2 Å². The number of amidine groups is 2. The lowest BCUT2D eigenvalue weighted by Crippen LogP contribution is -2.45. The minimum Gasteiger partial charge on any atom is -0.351 e. The van der Waals surface area contributed by atoms with E-state index in [9.17, 15) is 13.2 Å². The Morgan fingerprint density at radius 1 is 1.26 bits per heavy atom. The molecule has 0 aromatic heterocycles. The summed E-state index contributed by atoms with van der Waals surface area (Å²) < 4.78 is 39.6. The maximum atomic E-state index is 13.2. The SMILES string of the molecule is CC1=NC2NC(SC3=CCC(C)N=C3C(F)(F)F)=C(C)NC2=N1. The lowest BCUT2D eigenvalue weighted by atomic mass is 10.1. The molecule has 0 aromatic carbocycles. The van der Waals surface area contributed by atoms with E-state index >= 15 is 0 Å². The smallest absolute Gasteiger partial charge is 0.351 e. The Kier molecular flexibility index (Phi) is 3.99. The van der Waals surface area contributed by atoms with Gasteiger partial charge in [0.15, 0.2) is 17.7 Å². The number of allylic oxidation sites excluding steroid dienone is 2. The molecule has 0 aliphatic carbocycles. The zero-order chi connectivity index (χ0) is 16.8. The molecule has 3 rings (SSSR count). The van der Waals surface area contributed by atoms with E-state index in [4.69, 9.17) is 0 Å². The first-order valence-corrected chi connectivity index (χ1v) is 7.96. The summed E-state index contributed by atoms with van der Waals surface area (Å²) in [5.74, 6) is 1.30. The molecule has 0 bridgehead atoms. The van der Waals surface area contributed by atoms with Gasteiger partial charge in [0.05, 0.1) is 11.1 Å². The summed E-state index contributed by atoms with van der Waals surface area (Å²) in [7, 11) is 0. The number of nitrogens with zero attached hydrogens (tertiary/aromatic N) is 3. The number of nitrogens with one attached hydrogen (secondary N) is 2. The Bertz CT molecular complexity index is 687. The quantitative estimate of drug-likeness (QED) is 0.810. The summed E-state index contributed by atoms with van der Waals surface area (Å²) in [6.45, 7) is 5.24. The van der Waals surface area contributed by atoms with E-state index in [2.05, 4.69) is 25.6 Å². The summed E-state index contributed by atoms with van der Waals surface area (Å²) in [6.07, 6.45) is -2.73. The Hall–Kier alpha value is -1.77. The lowest BCUT2D eigenvalue weighted by Gasteiger charge is -2.27. The Morgan fingerprint density at radius 2 is 2.00 bits per heavy atom. The van der Waals surface area contributed by atoms with E-state index in [1.807, 2.05) is 0 Å². The fourth-order valence-corrected chi connectivity index (χ4v) is 3.46. The third-order valence-corrected chi connectivity index (χ3v) is 4.70. The molecule has 0 amide bonds. The molecule has 124 valence electrons. The fraction of sp³-hybridized carbons (Fsp3) is 0.500. The second-order valence-corrected chi connectivity index (χ2v) is 6.58. The second kappa shape index (κ2) is 5.70. The molecule has 3 aliphatic rings. The summed E-state index contributed by atoms with van der Waals surface area (Å²) >= 11 is 1.03. The van der Waals surface area contributed by atoms with Crippen molar-refractivity contribution in [2.45, 2.75) is 45.6 Å². The van der Waals surface area contributed by atoms with Crippen LogP contribution in [-0.2, 0) is 0 Å². The van der Waals surface area contributed by atoms with Crippen LogP contribution in [0.1, 0.15) is 27.2 Å². The summed E-state index contributed by atoms with van der Waals surface area (Å²) in [4.78, 5) is 12.4. The first kappa shape index (κ1) is 16.1. The minimum atomic E-state index is -4.46. The Balaban J connectivity index is 1.83. The van der Waals surface area contributed by atoms with E-state index in [0.717, 1.165) is 17.5 Å². The highest BCUT2D eigenvalue weighted by atomic mass is 32.2. The van der Waals surface area contributed by atoms with Gasteiger partial charge in [0.25, 0.3) is 0 Å². The molecular weight excluding hydrogens is 327 g/mol. The van der Waals surface area contributed by atoms with Crippen LogP contribution in [0.2, 0.25) is 0 Å². The number of hydrogen-bond acceptors (Lipinski definition) is 6. The fourth-order valence-electron chi connectivity index (χ4n) is 2.42. The van der Waals surface area contributed by atoms with Gasteiger partial charge in [0.1, 0.15) is 5.84 Å². The molecule has 5 nitrogen and oxygen atoms in total. The van der Waals surface area contributed by atoms with E-state index in [0.29, 0.717) is 23.1 Å². The predicted octanol–water partition coefficient (Wildman–Crippen LogP) is 2.94. The molecule has 23 heavy (non-hydrogen) atoms. The zero-order valence-electron chi connectivity index (χ0n) is 12.8. The van der Waals surface area contributed by atoms with Gasteiger partial charge in [0.2, 0.25) is 0 Å². The Morgan fingerprint density at radius 3 is 2.70 bits per heavy atom. The maximum Gasteiger partial charge on any atom is 0.434 e. The first-order valence-electron chi connectivity index (χ1n) is 7.15. The molecule has 2 atom stereocenters. The normalized spacial score (nSPS) is 27.4. The van der Waals surface area contributed by atoms with Crippen LogP contribution in [0.15, 0.2) is 36.7 Å². The molecule has 3 heterocycles. The van der Waals surface area contributed by atoms with Crippen molar-refractivity contribution in [3.05, 3.63) is 21.7 Å². The number of aliphatic imine (C=N–C) groups is 3. The number of dihydropyridines is 1. The molecule has 0 saturated heterocycles. The van der Waals surface area contributed by atoms with E-state index in [-0.39, 0.29) is 17.1 Å². The van der Waals surface area contributed by atoms with Crippen LogP contribution in [0.3, 0.4) is 0 Å². The third-order valence-electron chi connectivity index (χ3n) is 3.49. The summed E-state index contributed by atoms with van der Waals surface area (Å²) in [6, 6.07) is -0.357. The van der Waals surface area contributed by atoms with Crippen LogP contribution < -0.4 is 10.6 Å². The van der Waals surface area contributed by atoms with Gasteiger partial charge in [-0.3, -0.25) is 4.99 Å². The highest BCUT2D eigenvalue weighted by Crippen LogP contribution is 2.37. The van der Waals surface area contributed by atoms with Gasteiger partial charge in [-0.15, -0.1) is 0 Å². The monoisotopic (exact) mass is 343 g/mol. The maximum absolute atomic E-state index is 13.2. The molecule has 0 aromatic rings. The molecule has 3 aliphatic heterocycles. The van der Waals surface area contributed by atoms with Crippen LogP contribution in [0.5, 0.6) is 0 Å². The average Bonchev–Trinajstić information content (AvgIpc) is 2.79. The number of halogens is 3. The average molecular weight is 343 g/mol. The van der Waals surface area contributed by atoms with E-state index in [1.54, 1.807) is 26.8 Å². The second-order valence-electron chi connectivity index (χ2n) is 5.53. The highest BCUT2D eigenvalue weighted by molar-refractivity contribution is 8.07. The standard InChI is InChI=1S/C14H16F3N5S/c1-6-4-5-9(10(18-6)14(15,16)17)23-13-7(2)19-11-12(22-13)21-8(3)20-11/h5-6,12,22H,4H2,1-3H3,(H,19,20,21). The number of fused-ring (bicyclic) bond motifs is 1. The molecule has 9 heteroatoms. The summed E-state index contributed by atoms with van der Waals surface area (Å²) in [5, 5.41) is 6.82. The summed E-state index contributed by atoms with van der Waals surface area (Å²) in [5.41, 5.74) is -0.0927. The van der Waals surface area contributed by atoms with Crippen LogP contribution in [0.4, 0.5) is 13.2 Å². The molecule has 0 radical (unpaired) electrons. The lowest BCUT2D eigenvalue weighted by molar-refractivity contribution is -0.0583. The Labute approximate surface area is 135 Å². The van der Waals surface area contributed by atoms with Crippen molar-refractivity contribution in [3.8, 4) is 0 Å². The van der Waals surface area contributed by atoms with Gasteiger partial charge in [-0.1, -0.05) is 17.8 Å². The molecular formula is C14H16F3N5S. The van der Waals surface area contributed by atoms with Crippen molar-refractivity contribution in [1.29, 1.82) is 0 Å². The van der Waals surface area contributed by atoms with Gasteiger partial charge < -0.3 is 10.6 Å². The molecule has 0 saturated carbocycles. The zero-order valence-corrected chi connectivity index (χ0v) is 13.6. The molecule has 0 spiro atoms. The molecule has 0 fully saturated rings. The number of thioether (sulfide) groups is 1. The van der Waals surface area contributed by atoms with Crippen molar-refractivity contribution in [3.63, 3.8) is 0 Å². The van der Waals surface area contributed by atoms with E-state index in [1.165, 1.54) is 0 Å². The van der Waals surface area contributed by atoms with E-state index < -0.39 is 11.9 Å². The minimum absolute atomic E-state index is 0.123. The van der Waals surface area contributed by atoms with Gasteiger partial charge >= 0.3 is 6.18 Å². The predicted molar refractivity (Wildman–Crippen MR) is 86.5 cm³/mol. The van der Waals surface area contributed by atoms with Gasteiger partial charge in [-0.05, 0) is 27.2 Å². The van der Waals surface area contributed by atoms with Crippen LogP contribution in [0.25, 0.3) is 0 Å². The molecule has 2 N–H and O–H groups in total. The topological polar surface area (TPSA) is 61.1 Å². The van der Waals surface area contributed by atoms with Crippen molar-refractivity contribution < 1.29 is 13.2 Å². The van der Waals surface area contributed by atoms with Gasteiger partial charge in [0, 0.05) is 10.6 Å². The van der Waals surface area contributed by atoms with Crippen molar-refractivity contribution in [2.75, 3.05) is 0 Å². The van der Waals surface area contributed by atoms with Crippen LogP contribution >= 0.6 is 11.8 Å². The largest absolute Gasteiger partial charge is 0.434 e. The number of alkyl halides is 3. The first-order chi connectivity index (χ1) is 10.7. The van der Waals surface area contributed by atoms with Crippen molar-refractivity contribution in [1.82, 2.24) is 10.6 Å². The third kappa shape index (κ3) is 3.29. The number of hydrogen-bond donors (Lipinski definition) is 2. The van der Waals surface area contributed by atoms with Crippen molar-refractivity contribution >= 4 is 29.1 Å². The molecule has 2 unspecified atom stereocenters. The van der Waals surface area contributed by atoms with Crippen LogP contribution in [-0.4, -0.2) is 35.8 Å². The number of rotatable bonds is 2.